The van der Waals surface area contributed by atoms with Crippen LogP contribution in [-0.4, -0.2) is 38.2 Å². The van der Waals surface area contributed by atoms with Crippen molar-refractivity contribution in [2.75, 3.05) is 18.1 Å². The minimum absolute atomic E-state index is 0. The smallest absolute Gasteiger partial charge is 0.241 e. The van der Waals surface area contributed by atoms with E-state index in [0.717, 1.165) is 32.1 Å². The molecule has 1 aromatic heterocycles. The molecule has 2 heterocycles. The highest BCUT2D eigenvalue weighted by Gasteiger charge is 2.20. The first-order valence-electron chi connectivity index (χ1n) is 6.17. The normalized spacial score (nSPS) is 18.0. The third-order valence-corrected chi connectivity index (χ3v) is 4.01. The van der Waals surface area contributed by atoms with Crippen LogP contribution in [0.3, 0.4) is 0 Å². The van der Waals surface area contributed by atoms with Gasteiger partial charge in [-0.3, -0.25) is 4.79 Å². The van der Waals surface area contributed by atoms with Crippen molar-refractivity contribution < 1.29 is 13.2 Å². The quantitative estimate of drug-likeness (QED) is 0.855. The van der Waals surface area contributed by atoms with Crippen LogP contribution in [0.4, 0.5) is 5.69 Å². The van der Waals surface area contributed by atoms with Crippen LogP contribution >= 0.6 is 24.8 Å². The Kier molecular flexibility index (Phi) is 8.17. The Hall–Kier alpha value is -0.890. The van der Waals surface area contributed by atoms with Gasteiger partial charge in [-0.25, -0.2) is 13.4 Å². The Morgan fingerprint density at radius 1 is 1.33 bits per heavy atom. The summed E-state index contributed by atoms with van der Waals surface area (Å²) >= 11 is 0. The Bertz CT molecular complexity index is 558. The molecule has 0 aliphatic carbocycles. The summed E-state index contributed by atoms with van der Waals surface area (Å²) in [7, 11) is -3.30. The molecule has 1 aromatic rings. The molecule has 1 atom stereocenters. The highest BCUT2D eigenvalue weighted by molar-refractivity contribution is 7.90. The molecule has 6 nitrogen and oxygen atoms in total. The van der Waals surface area contributed by atoms with Crippen molar-refractivity contribution in [2.24, 2.45) is 0 Å². The number of halogens is 2. The van der Waals surface area contributed by atoms with Gasteiger partial charge in [0.15, 0.2) is 14.9 Å². The first-order chi connectivity index (χ1) is 8.97. The maximum Gasteiger partial charge on any atom is 0.241 e. The van der Waals surface area contributed by atoms with Gasteiger partial charge in [-0.1, -0.05) is 6.42 Å². The number of carbonyl (C=O) groups is 1. The van der Waals surface area contributed by atoms with E-state index in [1.54, 1.807) is 6.07 Å². The predicted octanol–water partition coefficient (Wildman–Crippen LogP) is 1.41. The average Bonchev–Trinajstić information content (AvgIpc) is 2.39. The van der Waals surface area contributed by atoms with Gasteiger partial charge in [-0.2, -0.15) is 0 Å². The van der Waals surface area contributed by atoms with E-state index in [0.29, 0.717) is 5.69 Å². The van der Waals surface area contributed by atoms with Gasteiger partial charge in [0.25, 0.3) is 0 Å². The summed E-state index contributed by atoms with van der Waals surface area (Å²) in [4.78, 5) is 15.8. The topological polar surface area (TPSA) is 88.2 Å². The van der Waals surface area contributed by atoms with Crippen LogP contribution in [0.1, 0.15) is 19.3 Å². The maximum absolute atomic E-state index is 11.9. The van der Waals surface area contributed by atoms with E-state index in [2.05, 4.69) is 15.6 Å². The predicted molar refractivity (Wildman–Crippen MR) is 86.1 cm³/mol. The number of carbonyl (C=O) groups excluding carboxylic acids is 1. The van der Waals surface area contributed by atoms with Gasteiger partial charge in [0.1, 0.15) is 0 Å². The lowest BCUT2D eigenvalue weighted by atomic mass is 10.0. The van der Waals surface area contributed by atoms with Gasteiger partial charge >= 0.3 is 0 Å². The number of piperidine rings is 1. The van der Waals surface area contributed by atoms with E-state index < -0.39 is 9.84 Å². The van der Waals surface area contributed by atoms with Gasteiger partial charge < -0.3 is 10.6 Å². The molecule has 1 fully saturated rings. The zero-order chi connectivity index (χ0) is 13.9. The second-order valence-corrected chi connectivity index (χ2v) is 6.61. The Morgan fingerprint density at radius 3 is 2.52 bits per heavy atom. The fraction of sp³-hybridized carbons (Fsp3) is 0.500. The molecule has 1 aliphatic heterocycles. The monoisotopic (exact) mass is 355 g/mol. The number of nitrogens with one attached hydrogen (secondary N) is 2. The number of rotatable bonds is 3. The van der Waals surface area contributed by atoms with Crippen LogP contribution in [0.15, 0.2) is 23.4 Å². The molecule has 21 heavy (non-hydrogen) atoms. The lowest BCUT2D eigenvalue weighted by molar-refractivity contribution is -0.118. The van der Waals surface area contributed by atoms with Crippen molar-refractivity contribution in [3.8, 4) is 0 Å². The van der Waals surface area contributed by atoms with Gasteiger partial charge in [-0.05, 0) is 31.5 Å². The van der Waals surface area contributed by atoms with E-state index in [1.165, 1.54) is 12.3 Å². The summed E-state index contributed by atoms with van der Waals surface area (Å²) in [5.74, 6) is -0.103. The number of aromatic nitrogens is 1. The fourth-order valence-corrected chi connectivity index (χ4v) is 2.54. The summed E-state index contributed by atoms with van der Waals surface area (Å²) in [5, 5.41) is 5.88. The SMILES string of the molecule is CS(=O)(=O)c1ccc(NC(=O)[C@@H]2CCCCN2)cn1.Cl.Cl. The summed E-state index contributed by atoms with van der Waals surface area (Å²) in [6, 6.07) is 2.76. The van der Waals surface area contributed by atoms with Crippen LogP contribution < -0.4 is 10.6 Å². The first-order valence-corrected chi connectivity index (χ1v) is 8.06. The molecule has 0 aromatic carbocycles. The molecule has 9 heteroatoms. The van der Waals surface area contributed by atoms with E-state index >= 15 is 0 Å². The van der Waals surface area contributed by atoms with E-state index in [9.17, 15) is 13.2 Å². The number of pyridine rings is 1. The highest BCUT2D eigenvalue weighted by atomic mass is 35.5. The molecule has 1 amide bonds. The number of hydrogen-bond acceptors (Lipinski definition) is 5. The lowest BCUT2D eigenvalue weighted by Crippen LogP contribution is -2.43. The third-order valence-electron chi connectivity index (χ3n) is 3.01. The van der Waals surface area contributed by atoms with Gasteiger partial charge in [0, 0.05) is 6.26 Å². The number of sulfone groups is 1. The van der Waals surface area contributed by atoms with Crippen LogP contribution in [-0.2, 0) is 14.6 Å². The second kappa shape index (κ2) is 8.53. The van der Waals surface area contributed by atoms with Crippen molar-refractivity contribution in [3.63, 3.8) is 0 Å². The number of anilines is 1. The van der Waals surface area contributed by atoms with Crippen molar-refractivity contribution in [2.45, 2.75) is 30.3 Å². The van der Waals surface area contributed by atoms with Crippen molar-refractivity contribution in [1.29, 1.82) is 0 Å². The molecule has 0 radical (unpaired) electrons. The minimum atomic E-state index is -3.30. The molecule has 0 bridgehead atoms. The lowest BCUT2D eigenvalue weighted by Gasteiger charge is -2.22. The Labute approximate surface area is 136 Å². The molecule has 1 saturated heterocycles. The zero-order valence-electron chi connectivity index (χ0n) is 11.5. The molecular weight excluding hydrogens is 337 g/mol. The highest BCUT2D eigenvalue weighted by Crippen LogP contribution is 2.13. The first kappa shape index (κ1) is 20.1. The fourth-order valence-electron chi connectivity index (χ4n) is 1.98. The molecular formula is C12H19Cl2N3O3S. The summed E-state index contributed by atoms with van der Waals surface area (Å²) in [6.07, 6.45) is 5.40. The number of amides is 1. The summed E-state index contributed by atoms with van der Waals surface area (Å²) in [5.41, 5.74) is 0.504. The van der Waals surface area contributed by atoms with Crippen LogP contribution in [0, 0.1) is 0 Å². The number of hydrogen-bond donors (Lipinski definition) is 2. The largest absolute Gasteiger partial charge is 0.323 e. The van der Waals surface area contributed by atoms with Gasteiger partial charge in [0.05, 0.1) is 17.9 Å². The Morgan fingerprint density at radius 2 is 2.05 bits per heavy atom. The van der Waals surface area contributed by atoms with Crippen molar-refractivity contribution in [3.05, 3.63) is 18.3 Å². The zero-order valence-corrected chi connectivity index (χ0v) is 14.0. The molecule has 120 valence electrons. The maximum atomic E-state index is 11.9. The molecule has 0 spiro atoms. The summed E-state index contributed by atoms with van der Waals surface area (Å²) < 4.78 is 22.5. The van der Waals surface area contributed by atoms with Crippen LogP contribution in [0.2, 0.25) is 0 Å². The number of nitrogens with zero attached hydrogens (tertiary/aromatic N) is 1. The van der Waals surface area contributed by atoms with Gasteiger partial charge in [-0.15, -0.1) is 24.8 Å². The summed E-state index contributed by atoms with van der Waals surface area (Å²) in [6.45, 7) is 0.851. The molecule has 0 unspecified atom stereocenters. The van der Waals surface area contributed by atoms with E-state index in [1.807, 2.05) is 0 Å². The van der Waals surface area contributed by atoms with Gasteiger partial charge in [0.2, 0.25) is 5.91 Å². The standard InChI is InChI=1S/C12H17N3O3S.2ClH/c1-19(17,18)11-6-5-9(8-14-11)15-12(16)10-4-2-3-7-13-10;;/h5-6,8,10,13H,2-4,7H2,1H3,(H,15,16);2*1H/t10-;;/m0../s1. The molecule has 2 N–H and O–H groups in total. The van der Waals surface area contributed by atoms with Crippen molar-refractivity contribution >= 4 is 46.2 Å². The van der Waals surface area contributed by atoms with Crippen molar-refractivity contribution in [1.82, 2.24) is 10.3 Å². The molecule has 0 saturated carbocycles. The van der Waals surface area contributed by atoms with Crippen LogP contribution in [0.5, 0.6) is 0 Å². The second-order valence-electron chi connectivity index (χ2n) is 4.65. The third kappa shape index (κ3) is 5.78. The molecule has 2 rings (SSSR count). The minimum Gasteiger partial charge on any atom is -0.323 e. The molecule has 1 aliphatic rings. The van der Waals surface area contributed by atoms with Crippen LogP contribution in [0.25, 0.3) is 0 Å². The van der Waals surface area contributed by atoms with E-state index in [4.69, 9.17) is 0 Å². The Balaban J connectivity index is 0.00000200. The van der Waals surface area contributed by atoms with E-state index in [-0.39, 0.29) is 41.8 Å². The average molecular weight is 356 g/mol.